The van der Waals surface area contributed by atoms with Crippen LogP contribution in [0.1, 0.15) is 22.3 Å². The highest BCUT2D eigenvalue weighted by molar-refractivity contribution is 6.07. The maximum Gasteiger partial charge on any atom is 0.299 e. The fourth-order valence-corrected chi connectivity index (χ4v) is 14.5. The van der Waals surface area contributed by atoms with Crippen LogP contribution in [0.5, 0.6) is 0 Å². The number of alkyl halides is 4. The summed E-state index contributed by atoms with van der Waals surface area (Å²) < 4.78 is 66.9. The molecule has 442 valence electrons. The van der Waals surface area contributed by atoms with Crippen LogP contribution in [0, 0.1) is 0 Å². The van der Waals surface area contributed by atoms with Crippen LogP contribution < -0.4 is 0 Å². The van der Waals surface area contributed by atoms with Gasteiger partial charge in [0.2, 0.25) is 0 Å². The lowest BCUT2D eigenvalue weighted by Gasteiger charge is -2.16. The normalized spacial score (nSPS) is 13.3. The number of rotatable bonds is 9. The average Bonchev–Trinajstić information content (AvgIpc) is 1.55. The predicted molar refractivity (Wildman–Crippen MR) is 373 cm³/mol. The molecule has 0 amide bonds. The monoisotopic (exact) mass is 1210 g/mol. The van der Waals surface area contributed by atoms with Gasteiger partial charge in [0.15, 0.2) is 11.6 Å². The van der Waals surface area contributed by atoms with Crippen molar-refractivity contribution in [2.75, 3.05) is 0 Å². The summed E-state index contributed by atoms with van der Waals surface area (Å²) in [6.07, 6.45) is 0. The number of nitrogens with zero attached hydrogens (tertiary/aromatic N) is 4. The molecule has 4 nitrogen and oxygen atoms in total. The zero-order valence-corrected chi connectivity index (χ0v) is 50.2. The molecule has 2 aliphatic carbocycles. The maximum absolute atomic E-state index is 17.4. The Labute approximate surface area is 538 Å². The number of hydrogen-bond donors (Lipinski definition) is 0. The molecule has 14 aromatic carbocycles. The number of benzene rings is 14. The van der Waals surface area contributed by atoms with Crippen molar-refractivity contribution >= 4 is 43.1 Å². The summed E-state index contributed by atoms with van der Waals surface area (Å²) >= 11 is 0. The molecule has 0 saturated carbocycles. The largest absolute Gasteiger partial charge is 0.299 e. The first-order chi connectivity index (χ1) is 46.1. The van der Waals surface area contributed by atoms with Crippen LogP contribution in [0.15, 0.2) is 303 Å². The molecule has 94 heavy (non-hydrogen) atoms. The third-order valence-electron chi connectivity index (χ3n) is 19.0. The van der Waals surface area contributed by atoms with Crippen molar-refractivity contribution < 1.29 is 17.6 Å². The Bertz CT molecular complexity index is 5810. The standard InChI is InChI=1S/C86H50F4N4/c87-85(88)75-31-13-12-28-67(75)68-40-37-57(47-77(68)85)62-43-45-74(66-27-11-9-25-64(62)66)84-91-79(49-80(94-84)71-29-14-20-52-16-4-6-22-59(52)71)54-34-32-51(33-35-54)56-36-39-69-70-41-38-58(48-78(70)86(89,90)76(69)46-56)61-42-44-73(65-26-10-8-24-63(61)65)82-50-81(92-83(93-82)55-18-2-1-3-19-55)72-30-15-21-53-17-5-7-23-60(53)72/h1-50H. The van der Waals surface area contributed by atoms with Gasteiger partial charge in [0.05, 0.1) is 22.8 Å². The van der Waals surface area contributed by atoms with Gasteiger partial charge in [-0.1, -0.05) is 267 Å². The molecule has 0 fully saturated rings. The lowest BCUT2D eigenvalue weighted by atomic mass is 9.91. The first-order valence-electron chi connectivity index (χ1n) is 31.3. The van der Waals surface area contributed by atoms with Gasteiger partial charge in [0, 0.05) is 55.6 Å². The lowest BCUT2D eigenvalue weighted by Crippen LogP contribution is -2.11. The third-order valence-corrected chi connectivity index (χ3v) is 19.0. The number of halogens is 4. The molecule has 0 bridgehead atoms. The van der Waals surface area contributed by atoms with Crippen LogP contribution in [-0.4, -0.2) is 19.9 Å². The van der Waals surface area contributed by atoms with E-state index in [9.17, 15) is 0 Å². The molecule has 2 aliphatic rings. The highest BCUT2D eigenvalue weighted by atomic mass is 19.3. The molecule has 0 atom stereocenters. The Kier molecular flexibility index (Phi) is 12.4. The van der Waals surface area contributed by atoms with Crippen molar-refractivity contribution in [3.63, 3.8) is 0 Å². The Morgan fingerprint density at radius 3 is 1.11 bits per heavy atom. The van der Waals surface area contributed by atoms with Gasteiger partial charge in [-0.3, -0.25) is 0 Å². The smallest absolute Gasteiger partial charge is 0.228 e. The van der Waals surface area contributed by atoms with Gasteiger partial charge in [0.25, 0.3) is 11.8 Å². The van der Waals surface area contributed by atoms with E-state index in [1.54, 1.807) is 36.4 Å². The summed E-state index contributed by atoms with van der Waals surface area (Å²) in [7, 11) is 0. The molecule has 2 aromatic heterocycles. The molecular formula is C86H50F4N4. The summed E-state index contributed by atoms with van der Waals surface area (Å²) in [5, 5.41) is 7.90. The minimum atomic E-state index is -3.29. The second-order valence-corrected chi connectivity index (χ2v) is 24.3. The third kappa shape index (κ3) is 8.81. The van der Waals surface area contributed by atoms with Gasteiger partial charge < -0.3 is 0 Å². The molecule has 0 saturated heterocycles. The number of aromatic nitrogens is 4. The summed E-state index contributed by atoms with van der Waals surface area (Å²) in [4.78, 5) is 21.0. The summed E-state index contributed by atoms with van der Waals surface area (Å²) in [6.45, 7) is 0. The van der Waals surface area contributed by atoms with E-state index < -0.39 is 11.8 Å². The van der Waals surface area contributed by atoms with Gasteiger partial charge in [-0.15, -0.1) is 0 Å². The number of fused-ring (bicyclic) bond motifs is 10. The predicted octanol–water partition coefficient (Wildman–Crippen LogP) is 23.1. The van der Waals surface area contributed by atoms with E-state index in [0.717, 1.165) is 110 Å². The van der Waals surface area contributed by atoms with E-state index in [0.29, 0.717) is 56.3 Å². The van der Waals surface area contributed by atoms with Crippen molar-refractivity contribution in [3.8, 4) is 123 Å². The molecular weight excluding hydrogens is 1160 g/mol. The Morgan fingerprint density at radius 1 is 0.191 bits per heavy atom. The van der Waals surface area contributed by atoms with Crippen molar-refractivity contribution in [1.82, 2.24) is 19.9 Å². The van der Waals surface area contributed by atoms with E-state index in [1.165, 1.54) is 6.07 Å². The van der Waals surface area contributed by atoms with Crippen LogP contribution in [0.3, 0.4) is 0 Å². The van der Waals surface area contributed by atoms with Crippen LogP contribution >= 0.6 is 0 Å². The zero-order chi connectivity index (χ0) is 62.8. The highest BCUT2D eigenvalue weighted by Crippen LogP contribution is 2.55. The van der Waals surface area contributed by atoms with E-state index in [4.69, 9.17) is 19.9 Å². The van der Waals surface area contributed by atoms with Gasteiger partial charge in [-0.25, -0.2) is 19.9 Å². The van der Waals surface area contributed by atoms with Gasteiger partial charge in [-0.2, -0.15) is 17.6 Å². The van der Waals surface area contributed by atoms with E-state index in [1.807, 2.05) is 182 Å². The summed E-state index contributed by atoms with van der Waals surface area (Å²) in [6, 6.07) is 97.9. The Balaban J connectivity index is 0.681. The summed E-state index contributed by atoms with van der Waals surface area (Å²) in [5.41, 5.74) is 14.7. The molecule has 0 unspecified atom stereocenters. The van der Waals surface area contributed by atoms with Crippen molar-refractivity contribution in [2.24, 2.45) is 0 Å². The van der Waals surface area contributed by atoms with Crippen molar-refractivity contribution in [1.29, 1.82) is 0 Å². The van der Waals surface area contributed by atoms with E-state index in [-0.39, 0.29) is 22.3 Å². The first kappa shape index (κ1) is 54.9. The fourth-order valence-electron chi connectivity index (χ4n) is 14.5. The highest BCUT2D eigenvalue weighted by Gasteiger charge is 2.46. The van der Waals surface area contributed by atoms with Crippen LogP contribution in [-0.2, 0) is 11.8 Å². The molecule has 0 spiro atoms. The van der Waals surface area contributed by atoms with Crippen molar-refractivity contribution in [2.45, 2.75) is 11.8 Å². The van der Waals surface area contributed by atoms with Gasteiger partial charge in [-0.05, 0) is 135 Å². The molecule has 0 radical (unpaired) electrons. The second kappa shape index (κ2) is 21.3. The van der Waals surface area contributed by atoms with Crippen LogP contribution in [0.25, 0.3) is 167 Å². The van der Waals surface area contributed by atoms with E-state index >= 15 is 17.6 Å². The quantitative estimate of drug-likeness (QED) is 0.135. The lowest BCUT2D eigenvalue weighted by molar-refractivity contribution is 0.0475. The van der Waals surface area contributed by atoms with Gasteiger partial charge in [0.1, 0.15) is 0 Å². The average molecular weight is 1220 g/mol. The Hall–Kier alpha value is -12.0. The van der Waals surface area contributed by atoms with Gasteiger partial charge >= 0.3 is 0 Å². The number of hydrogen-bond acceptors (Lipinski definition) is 4. The fraction of sp³-hybridized carbons (Fsp3) is 0.0233. The minimum Gasteiger partial charge on any atom is -0.228 e. The molecule has 8 heteroatoms. The topological polar surface area (TPSA) is 51.6 Å². The molecule has 0 N–H and O–H groups in total. The van der Waals surface area contributed by atoms with Crippen molar-refractivity contribution in [3.05, 3.63) is 326 Å². The molecule has 2 heterocycles. The maximum atomic E-state index is 17.4. The molecule has 0 aliphatic heterocycles. The van der Waals surface area contributed by atoms with E-state index in [2.05, 4.69) is 78.9 Å². The second-order valence-electron chi connectivity index (χ2n) is 24.3. The minimum absolute atomic E-state index is 0.00518. The van der Waals surface area contributed by atoms with Crippen LogP contribution in [0.4, 0.5) is 17.6 Å². The molecule has 16 aromatic rings. The van der Waals surface area contributed by atoms with Crippen LogP contribution in [0.2, 0.25) is 0 Å². The first-order valence-corrected chi connectivity index (χ1v) is 31.3. The molecule has 18 rings (SSSR count). The zero-order valence-electron chi connectivity index (χ0n) is 50.2. The summed E-state index contributed by atoms with van der Waals surface area (Å²) in [5.74, 6) is -5.33. The Morgan fingerprint density at radius 2 is 0.532 bits per heavy atom. The SMILES string of the molecule is FC1(F)c2cc(-c3ccc(-c4cc(-c5cccc6ccccc56)nc(-c5ccc(-c6ccc7c(c6)C(F)(F)c6ccccc6-7)c6ccccc56)n4)cc3)ccc2-c2ccc(-c3ccc(-c4cc(-c5cccc6ccccc56)nc(-c5ccccc5)n4)c4ccccc34)cc21.